The maximum atomic E-state index is 13.9. The number of nitro groups is 1. The molecule has 176 valence electrons. The number of nitro benzene ring substituents is 1. The van der Waals surface area contributed by atoms with Gasteiger partial charge in [-0.25, -0.2) is 8.42 Å². The van der Waals surface area contributed by atoms with Crippen molar-refractivity contribution < 1.29 is 18.1 Å². The van der Waals surface area contributed by atoms with Gasteiger partial charge < -0.3 is 9.64 Å². The molecule has 9 heteroatoms. The van der Waals surface area contributed by atoms with Gasteiger partial charge in [0.25, 0.3) is 15.7 Å². The minimum atomic E-state index is -4.10. The molecule has 0 aliphatic rings. The monoisotopic (exact) mass is 471 g/mol. The van der Waals surface area contributed by atoms with Crippen LogP contribution in [0.2, 0.25) is 0 Å². The summed E-state index contributed by atoms with van der Waals surface area (Å²) in [4.78, 5) is 13.6. The van der Waals surface area contributed by atoms with Crippen LogP contribution in [0.5, 0.6) is 5.75 Å². The van der Waals surface area contributed by atoms with Crippen molar-refractivity contribution in [2.24, 2.45) is 0 Å². The van der Waals surface area contributed by atoms with Gasteiger partial charge in [0, 0.05) is 11.9 Å². The lowest BCUT2D eigenvalue weighted by atomic mass is 10.1. The molecule has 0 aliphatic carbocycles. The lowest BCUT2D eigenvalue weighted by molar-refractivity contribution is -0.384. The number of hydrogen-bond donors (Lipinski definition) is 0. The van der Waals surface area contributed by atoms with Crippen LogP contribution in [0.3, 0.4) is 0 Å². The van der Waals surface area contributed by atoms with Gasteiger partial charge in [-0.15, -0.1) is 0 Å². The predicted molar refractivity (Wildman–Crippen MR) is 131 cm³/mol. The number of nitrogens with zero attached hydrogens (tertiary/aromatic N) is 3. The Kier molecular flexibility index (Phi) is 7.88. The van der Waals surface area contributed by atoms with Gasteiger partial charge in [0.2, 0.25) is 0 Å². The summed E-state index contributed by atoms with van der Waals surface area (Å²) in [5, 5.41) is 13.2. The van der Waals surface area contributed by atoms with Gasteiger partial charge in [-0.05, 0) is 49.6 Å². The highest BCUT2D eigenvalue weighted by molar-refractivity contribution is 7.93. The number of methoxy groups -OCH3 is 1. The summed E-state index contributed by atoms with van der Waals surface area (Å²) in [6.07, 6.45) is 0.523. The summed E-state index contributed by atoms with van der Waals surface area (Å²) >= 11 is 0. The van der Waals surface area contributed by atoms with Gasteiger partial charge in [0.05, 0.1) is 23.0 Å². The highest BCUT2D eigenvalue weighted by Crippen LogP contribution is 2.36. The lowest BCUT2D eigenvalue weighted by Crippen LogP contribution is -2.35. The zero-order chi connectivity index (χ0) is 24.0. The summed E-state index contributed by atoms with van der Waals surface area (Å²) in [5.74, 6) is 0.288. The molecule has 0 saturated carbocycles. The number of hydrogen-bond acceptors (Lipinski definition) is 6. The molecule has 0 aromatic heterocycles. The van der Waals surface area contributed by atoms with E-state index < -0.39 is 14.9 Å². The zero-order valence-corrected chi connectivity index (χ0v) is 19.9. The van der Waals surface area contributed by atoms with E-state index in [1.165, 1.54) is 19.2 Å². The second-order valence-corrected chi connectivity index (χ2v) is 9.38. The van der Waals surface area contributed by atoms with Crippen LogP contribution in [0.1, 0.15) is 20.3 Å². The average molecular weight is 472 g/mol. The third-order valence-electron chi connectivity index (χ3n) is 5.70. The molecule has 0 fully saturated rings. The fourth-order valence-electron chi connectivity index (χ4n) is 3.87. The number of ether oxygens (including phenoxy) is 1. The Morgan fingerprint density at radius 2 is 1.67 bits per heavy atom. The smallest absolute Gasteiger partial charge is 0.297 e. The number of sulfonamides is 1. The van der Waals surface area contributed by atoms with Crippen molar-refractivity contribution in [2.75, 3.05) is 37.6 Å². The van der Waals surface area contributed by atoms with Crippen LogP contribution in [0.15, 0.2) is 65.6 Å². The number of benzene rings is 3. The lowest BCUT2D eigenvalue weighted by Gasteiger charge is -2.26. The topological polar surface area (TPSA) is 93.0 Å². The predicted octanol–water partition coefficient (Wildman–Crippen LogP) is 4.68. The van der Waals surface area contributed by atoms with Crippen molar-refractivity contribution in [3.63, 3.8) is 0 Å². The molecule has 0 saturated heterocycles. The van der Waals surface area contributed by atoms with Gasteiger partial charge in [0.15, 0.2) is 0 Å². The van der Waals surface area contributed by atoms with Crippen LogP contribution >= 0.6 is 0 Å². The summed E-state index contributed by atoms with van der Waals surface area (Å²) in [5.41, 5.74) is -0.297. The van der Waals surface area contributed by atoms with Crippen LogP contribution in [0.4, 0.5) is 11.4 Å². The van der Waals surface area contributed by atoms with E-state index >= 15 is 0 Å². The standard InChI is InChI=1S/C24H29N3O5S/c1-4-25(5-2)16-9-17-26(22-15-14-20(32-3)18-23(22)27(28)29)33(30,31)24-13-8-11-19-10-6-7-12-21(19)24/h6-8,10-15,18H,4-5,9,16-17H2,1-3H3. The summed E-state index contributed by atoms with van der Waals surface area (Å²) < 4.78 is 34.2. The summed E-state index contributed by atoms with van der Waals surface area (Å²) in [7, 11) is -2.69. The molecular formula is C24H29N3O5S. The molecule has 0 bridgehead atoms. The summed E-state index contributed by atoms with van der Waals surface area (Å²) in [6, 6.07) is 16.5. The Morgan fingerprint density at radius 3 is 2.33 bits per heavy atom. The van der Waals surface area contributed by atoms with E-state index in [0.29, 0.717) is 18.4 Å². The van der Waals surface area contributed by atoms with E-state index in [4.69, 9.17) is 4.74 Å². The molecule has 0 heterocycles. The molecule has 0 radical (unpaired) electrons. The van der Waals surface area contributed by atoms with Crippen molar-refractivity contribution in [1.82, 2.24) is 4.90 Å². The van der Waals surface area contributed by atoms with Crippen LogP contribution in [0.25, 0.3) is 10.8 Å². The van der Waals surface area contributed by atoms with Gasteiger partial charge in [0.1, 0.15) is 11.4 Å². The highest BCUT2D eigenvalue weighted by atomic mass is 32.2. The Hall–Kier alpha value is -3.17. The van der Waals surface area contributed by atoms with Gasteiger partial charge >= 0.3 is 0 Å². The van der Waals surface area contributed by atoms with E-state index in [9.17, 15) is 18.5 Å². The fourth-order valence-corrected chi connectivity index (χ4v) is 5.61. The largest absolute Gasteiger partial charge is 0.496 e. The van der Waals surface area contributed by atoms with E-state index in [2.05, 4.69) is 4.90 Å². The number of fused-ring (bicyclic) bond motifs is 1. The molecule has 0 unspecified atom stereocenters. The normalized spacial score (nSPS) is 11.6. The van der Waals surface area contributed by atoms with Crippen LogP contribution < -0.4 is 9.04 Å². The molecule has 33 heavy (non-hydrogen) atoms. The van der Waals surface area contributed by atoms with E-state index in [0.717, 1.165) is 22.8 Å². The third-order valence-corrected chi connectivity index (χ3v) is 7.57. The van der Waals surface area contributed by atoms with Gasteiger partial charge in [-0.3, -0.25) is 14.4 Å². The Labute approximate surface area is 194 Å². The zero-order valence-electron chi connectivity index (χ0n) is 19.1. The average Bonchev–Trinajstić information content (AvgIpc) is 2.83. The molecule has 0 N–H and O–H groups in total. The van der Waals surface area contributed by atoms with Crippen LogP contribution in [0, 0.1) is 10.1 Å². The SMILES string of the molecule is CCN(CC)CCCN(c1ccc(OC)cc1[N+](=O)[O-])S(=O)(=O)c1cccc2ccccc12. The number of anilines is 1. The van der Waals surface area contributed by atoms with E-state index in [-0.39, 0.29) is 28.6 Å². The number of rotatable bonds is 11. The minimum Gasteiger partial charge on any atom is -0.496 e. The highest BCUT2D eigenvalue weighted by Gasteiger charge is 2.31. The quantitative estimate of drug-likeness (QED) is 0.298. The molecule has 0 aliphatic heterocycles. The van der Waals surface area contributed by atoms with Gasteiger partial charge in [-0.2, -0.15) is 0 Å². The maximum absolute atomic E-state index is 13.9. The maximum Gasteiger partial charge on any atom is 0.297 e. The first kappa shape index (κ1) is 24.5. The molecule has 3 rings (SSSR count). The first-order chi connectivity index (χ1) is 15.8. The molecular weight excluding hydrogens is 442 g/mol. The molecule has 8 nitrogen and oxygen atoms in total. The van der Waals surface area contributed by atoms with Gasteiger partial charge in [-0.1, -0.05) is 50.2 Å². The van der Waals surface area contributed by atoms with Crippen molar-refractivity contribution >= 4 is 32.2 Å². The Morgan fingerprint density at radius 1 is 0.970 bits per heavy atom. The second-order valence-electron chi connectivity index (χ2n) is 7.55. The van der Waals surface area contributed by atoms with Crippen molar-refractivity contribution in [3.05, 3.63) is 70.8 Å². The fraction of sp³-hybridized carbons (Fsp3) is 0.333. The first-order valence-electron chi connectivity index (χ1n) is 10.9. The van der Waals surface area contributed by atoms with Crippen LogP contribution in [-0.4, -0.2) is 51.5 Å². The molecule has 0 atom stereocenters. The Balaban J connectivity index is 2.14. The minimum absolute atomic E-state index is 0.0216. The Bertz CT molecular complexity index is 1220. The molecule has 3 aromatic carbocycles. The van der Waals surface area contributed by atoms with Crippen LogP contribution in [-0.2, 0) is 10.0 Å². The second kappa shape index (κ2) is 10.6. The molecule has 3 aromatic rings. The summed E-state index contributed by atoms with van der Waals surface area (Å²) in [6.45, 7) is 6.56. The first-order valence-corrected chi connectivity index (χ1v) is 12.3. The molecule has 0 spiro atoms. The van der Waals surface area contributed by atoms with Crippen molar-refractivity contribution in [3.8, 4) is 5.75 Å². The molecule has 0 amide bonds. The third kappa shape index (κ3) is 5.26. The van der Waals surface area contributed by atoms with Crippen molar-refractivity contribution in [2.45, 2.75) is 25.2 Å². The van der Waals surface area contributed by atoms with E-state index in [1.54, 1.807) is 30.3 Å². The van der Waals surface area contributed by atoms with E-state index in [1.807, 2.05) is 32.0 Å². The van der Waals surface area contributed by atoms with Crippen molar-refractivity contribution in [1.29, 1.82) is 0 Å².